The number of hydrogen-bond acceptors (Lipinski definition) is 3. The van der Waals surface area contributed by atoms with Gasteiger partial charge in [0.25, 0.3) is 11.7 Å². The van der Waals surface area contributed by atoms with Crippen LogP contribution in [0, 0.1) is 11.7 Å². The van der Waals surface area contributed by atoms with Gasteiger partial charge in [-0.1, -0.05) is 0 Å². The topological polar surface area (TPSA) is 46.6 Å². The number of rotatable bonds is 2. The van der Waals surface area contributed by atoms with E-state index in [1.165, 1.54) is 11.0 Å². The highest BCUT2D eigenvalue weighted by Gasteiger charge is 2.39. The molecule has 1 aromatic rings. The number of Topliss-reactive ketones (excluding diaryl/α,β-unsaturated/α-hetero) is 1. The molecular formula is C14H13BrFNO3. The van der Waals surface area contributed by atoms with Gasteiger partial charge in [-0.25, -0.2) is 4.39 Å². The van der Waals surface area contributed by atoms with Crippen molar-refractivity contribution < 1.29 is 18.7 Å². The average molecular weight is 342 g/mol. The molecule has 3 rings (SSSR count). The monoisotopic (exact) mass is 341 g/mol. The lowest BCUT2D eigenvalue weighted by molar-refractivity contribution is -0.114. The van der Waals surface area contributed by atoms with Gasteiger partial charge in [-0.15, -0.1) is 0 Å². The molecule has 0 radical (unpaired) electrons. The largest absolute Gasteiger partial charge is 0.381 e. The molecule has 1 fully saturated rings. The van der Waals surface area contributed by atoms with Crippen molar-refractivity contribution in [3.05, 3.63) is 28.0 Å². The Morgan fingerprint density at radius 3 is 2.70 bits per heavy atom. The van der Waals surface area contributed by atoms with E-state index < -0.39 is 17.5 Å². The van der Waals surface area contributed by atoms with Gasteiger partial charge in [0.1, 0.15) is 5.82 Å². The van der Waals surface area contributed by atoms with Crippen molar-refractivity contribution in [2.45, 2.75) is 12.8 Å². The Morgan fingerprint density at radius 1 is 1.30 bits per heavy atom. The summed E-state index contributed by atoms with van der Waals surface area (Å²) < 4.78 is 19.1. The minimum Gasteiger partial charge on any atom is -0.381 e. The van der Waals surface area contributed by atoms with Crippen molar-refractivity contribution in [3.63, 3.8) is 0 Å². The van der Waals surface area contributed by atoms with E-state index in [-0.39, 0.29) is 5.56 Å². The molecule has 6 heteroatoms. The molecule has 106 valence electrons. The lowest BCUT2D eigenvalue weighted by atomic mass is 9.99. The summed E-state index contributed by atoms with van der Waals surface area (Å²) in [4.78, 5) is 25.5. The predicted molar refractivity (Wildman–Crippen MR) is 74.3 cm³/mol. The second-order valence-corrected chi connectivity index (χ2v) is 5.94. The highest BCUT2D eigenvalue weighted by atomic mass is 79.9. The normalized spacial score (nSPS) is 19.6. The van der Waals surface area contributed by atoms with Crippen LogP contribution < -0.4 is 4.90 Å². The van der Waals surface area contributed by atoms with Crippen LogP contribution in [0.3, 0.4) is 0 Å². The number of carbonyl (C=O) groups is 2. The SMILES string of the molecule is O=C1C(=O)N(CC2CCOCC2)c2c(Br)cc(F)cc21. The average Bonchev–Trinajstić information content (AvgIpc) is 2.65. The first-order valence-corrected chi connectivity index (χ1v) is 7.30. The fraction of sp³-hybridized carbons (Fsp3) is 0.429. The molecule has 1 saturated heterocycles. The number of carbonyl (C=O) groups excluding carboxylic acids is 2. The molecule has 20 heavy (non-hydrogen) atoms. The zero-order valence-electron chi connectivity index (χ0n) is 10.7. The van der Waals surface area contributed by atoms with Crippen LogP contribution in [0.2, 0.25) is 0 Å². The van der Waals surface area contributed by atoms with Crippen LogP contribution >= 0.6 is 15.9 Å². The Balaban J connectivity index is 1.93. The minimum atomic E-state index is -0.632. The number of nitrogens with zero attached hydrogens (tertiary/aromatic N) is 1. The molecule has 0 aromatic heterocycles. The second kappa shape index (κ2) is 5.26. The van der Waals surface area contributed by atoms with Crippen molar-refractivity contribution in [1.29, 1.82) is 0 Å². The highest BCUT2D eigenvalue weighted by molar-refractivity contribution is 9.10. The van der Waals surface area contributed by atoms with Crippen LogP contribution in [0.15, 0.2) is 16.6 Å². The molecule has 0 atom stereocenters. The number of fused-ring (bicyclic) bond motifs is 1. The van der Waals surface area contributed by atoms with E-state index in [1.54, 1.807) is 0 Å². The number of ketones is 1. The Hall–Kier alpha value is -1.27. The summed E-state index contributed by atoms with van der Waals surface area (Å²) in [7, 11) is 0. The Labute approximate surface area is 124 Å². The number of ether oxygens (including phenoxy) is 1. The van der Waals surface area contributed by atoms with Gasteiger partial charge in [0.2, 0.25) is 0 Å². The Kier molecular flexibility index (Phi) is 3.60. The molecule has 2 aliphatic rings. The molecule has 0 bridgehead atoms. The maximum absolute atomic E-state index is 13.4. The molecule has 1 aromatic carbocycles. The van der Waals surface area contributed by atoms with Crippen LogP contribution in [0.1, 0.15) is 23.2 Å². The van der Waals surface area contributed by atoms with Gasteiger partial charge >= 0.3 is 0 Å². The summed E-state index contributed by atoms with van der Waals surface area (Å²) in [6.07, 6.45) is 1.73. The Morgan fingerprint density at radius 2 is 2.00 bits per heavy atom. The van der Waals surface area contributed by atoms with Gasteiger partial charge in [0.15, 0.2) is 0 Å². The van der Waals surface area contributed by atoms with Gasteiger partial charge in [-0.2, -0.15) is 0 Å². The van der Waals surface area contributed by atoms with Crippen molar-refractivity contribution >= 4 is 33.3 Å². The van der Waals surface area contributed by atoms with E-state index in [1.807, 2.05) is 0 Å². The van der Waals surface area contributed by atoms with Crippen LogP contribution in [0.25, 0.3) is 0 Å². The third-order valence-corrected chi connectivity index (χ3v) is 4.37. The molecule has 0 saturated carbocycles. The van der Waals surface area contributed by atoms with Gasteiger partial charge in [-0.3, -0.25) is 9.59 Å². The third kappa shape index (κ3) is 2.27. The van der Waals surface area contributed by atoms with Gasteiger partial charge in [0.05, 0.1) is 11.3 Å². The first kappa shape index (κ1) is 13.7. The van der Waals surface area contributed by atoms with Crippen molar-refractivity contribution in [1.82, 2.24) is 0 Å². The maximum Gasteiger partial charge on any atom is 0.299 e. The summed E-state index contributed by atoms with van der Waals surface area (Å²) in [5, 5.41) is 0. The number of hydrogen-bond donors (Lipinski definition) is 0. The van der Waals surface area contributed by atoms with E-state index in [4.69, 9.17) is 4.74 Å². The summed E-state index contributed by atoms with van der Waals surface area (Å²) in [6, 6.07) is 2.41. The molecule has 0 spiro atoms. The molecular weight excluding hydrogens is 329 g/mol. The standard InChI is InChI=1S/C14H13BrFNO3/c15-11-6-9(16)5-10-12(11)17(14(19)13(10)18)7-8-1-3-20-4-2-8/h5-6,8H,1-4,7H2. The molecule has 2 aliphatic heterocycles. The number of amides is 1. The minimum absolute atomic E-state index is 0.147. The van der Waals surface area contributed by atoms with E-state index in [2.05, 4.69) is 15.9 Å². The summed E-state index contributed by atoms with van der Waals surface area (Å²) >= 11 is 3.25. The van der Waals surface area contributed by atoms with Crippen LogP contribution in [0.5, 0.6) is 0 Å². The second-order valence-electron chi connectivity index (χ2n) is 5.08. The van der Waals surface area contributed by atoms with Gasteiger partial charge < -0.3 is 9.64 Å². The fourth-order valence-corrected chi connectivity index (χ4v) is 3.36. The van der Waals surface area contributed by atoms with Crippen molar-refractivity contribution in [3.8, 4) is 0 Å². The third-order valence-electron chi connectivity index (χ3n) is 3.76. The zero-order valence-corrected chi connectivity index (χ0v) is 12.3. The highest BCUT2D eigenvalue weighted by Crippen LogP contribution is 2.38. The molecule has 0 aliphatic carbocycles. The van der Waals surface area contributed by atoms with Crippen LogP contribution in [-0.2, 0) is 9.53 Å². The number of anilines is 1. The zero-order chi connectivity index (χ0) is 14.3. The molecule has 2 heterocycles. The van der Waals surface area contributed by atoms with Crippen LogP contribution in [0.4, 0.5) is 10.1 Å². The lowest BCUT2D eigenvalue weighted by Gasteiger charge is -2.27. The Bertz CT molecular complexity index is 584. The van der Waals surface area contributed by atoms with E-state index in [9.17, 15) is 14.0 Å². The smallest absolute Gasteiger partial charge is 0.299 e. The van der Waals surface area contributed by atoms with E-state index in [0.717, 1.165) is 18.9 Å². The van der Waals surface area contributed by atoms with E-state index in [0.29, 0.717) is 35.8 Å². The van der Waals surface area contributed by atoms with Crippen molar-refractivity contribution in [2.24, 2.45) is 5.92 Å². The van der Waals surface area contributed by atoms with Gasteiger partial charge in [-0.05, 0) is 46.8 Å². The van der Waals surface area contributed by atoms with E-state index >= 15 is 0 Å². The molecule has 1 amide bonds. The first-order chi connectivity index (χ1) is 9.58. The summed E-state index contributed by atoms with van der Waals surface area (Å²) in [5.41, 5.74) is 0.641. The fourth-order valence-electron chi connectivity index (χ4n) is 2.71. The summed E-state index contributed by atoms with van der Waals surface area (Å²) in [5.74, 6) is -1.42. The molecule has 0 N–H and O–H groups in total. The van der Waals surface area contributed by atoms with Crippen molar-refractivity contribution in [2.75, 3.05) is 24.7 Å². The number of halogens is 2. The number of benzene rings is 1. The van der Waals surface area contributed by atoms with Gasteiger partial charge in [0, 0.05) is 24.2 Å². The maximum atomic E-state index is 13.4. The molecule has 4 nitrogen and oxygen atoms in total. The molecule has 0 unspecified atom stereocenters. The summed E-state index contributed by atoms with van der Waals surface area (Å²) in [6.45, 7) is 1.83. The predicted octanol–water partition coefficient (Wildman–Crippen LogP) is 2.54. The first-order valence-electron chi connectivity index (χ1n) is 6.51. The van der Waals surface area contributed by atoms with Crippen LogP contribution in [-0.4, -0.2) is 31.4 Å². The quantitative estimate of drug-likeness (QED) is 0.776. The lowest BCUT2D eigenvalue weighted by Crippen LogP contribution is -2.36.